The normalized spacial score (nSPS) is 19.2. The summed E-state index contributed by atoms with van der Waals surface area (Å²) in [6.07, 6.45) is 1.53. The summed E-state index contributed by atoms with van der Waals surface area (Å²) in [5.41, 5.74) is 1.03. The molecule has 1 saturated heterocycles. The fraction of sp³-hybridized carbons (Fsp3) is 0.467. The van der Waals surface area contributed by atoms with Crippen LogP contribution < -0.4 is 5.32 Å². The Balaban J connectivity index is 1.78. The van der Waals surface area contributed by atoms with Crippen molar-refractivity contribution in [3.63, 3.8) is 0 Å². The molecule has 1 aromatic rings. The van der Waals surface area contributed by atoms with Gasteiger partial charge in [0.05, 0.1) is 12.5 Å². The number of carboxylic acid groups (broad SMARTS) is 1. The Morgan fingerprint density at radius 3 is 2.95 bits per heavy atom. The summed E-state index contributed by atoms with van der Waals surface area (Å²) in [4.78, 5) is 24.8. The van der Waals surface area contributed by atoms with Gasteiger partial charge in [-0.2, -0.15) is 0 Å². The Kier molecular flexibility index (Phi) is 5.76. The number of piperidine rings is 1. The Bertz CT molecular complexity index is 521. The zero-order valence-electron chi connectivity index (χ0n) is 11.7. The maximum Gasteiger partial charge on any atom is 0.307 e. The van der Waals surface area contributed by atoms with E-state index in [9.17, 15) is 9.59 Å². The predicted octanol–water partition coefficient (Wildman–Crippen LogP) is 1.86. The number of carbonyl (C=O) groups excluding carboxylic acids is 1. The lowest BCUT2D eigenvalue weighted by atomic mass is 9.98. The molecule has 1 fully saturated rings. The van der Waals surface area contributed by atoms with E-state index in [0.29, 0.717) is 19.5 Å². The van der Waals surface area contributed by atoms with Gasteiger partial charge in [-0.15, -0.1) is 0 Å². The number of aliphatic carboxylic acids is 1. The summed E-state index contributed by atoms with van der Waals surface area (Å²) < 4.78 is 0.981. The molecule has 0 aromatic heterocycles. The van der Waals surface area contributed by atoms with Gasteiger partial charge in [-0.05, 0) is 37.1 Å². The van der Waals surface area contributed by atoms with E-state index in [2.05, 4.69) is 21.2 Å². The monoisotopic (exact) mass is 354 g/mol. The standard InChI is InChI=1S/C15H19BrN2O3/c16-13-5-1-3-11(7-13)8-17-14(19)10-18-6-2-4-12(9-18)15(20)21/h1,3,5,7,12H,2,4,6,8-10H2,(H,17,19)(H,20,21). The maximum absolute atomic E-state index is 11.9. The molecular weight excluding hydrogens is 336 g/mol. The van der Waals surface area contributed by atoms with Crippen molar-refractivity contribution in [1.82, 2.24) is 10.2 Å². The van der Waals surface area contributed by atoms with Crippen molar-refractivity contribution >= 4 is 27.8 Å². The average Bonchev–Trinajstić information content (AvgIpc) is 2.45. The van der Waals surface area contributed by atoms with Gasteiger partial charge in [0, 0.05) is 17.6 Å². The molecule has 1 aliphatic rings. The van der Waals surface area contributed by atoms with Crippen LogP contribution in [0.1, 0.15) is 18.4 Å². The number of nitrogens with one attached hydrogen (secondary N) is 1. The van der Waals surface area contributed by atoms with Gasteiger partial charge in [-0.1, -0.05) is 28.1 Å². The molecule has 1 aromatic carbocycles. The van der Waals surface area contributed by atoms with Gasteiger partial charge in [-0.25, -0.2) is 0 Å². The van der Waals surface area contributed by atoms with E-state index in [1.165, 1.54) is 0 Å². The Hall–Kier alpha value is -1.40. The Morgan fingerprint density at radius 2 is 2.24 bits per heavy atom. The van der Waals surface area contributed by atoms with Crippen LogP contribution in [0.4, 0.5) is 0 Å². The minimum Gasteiger partial charge on any atom is -0.481 e. The van der Waals surface area contributed by atoms with Crippen LogP contribution in [0.5, 0.6) is 0 Å². The minimum absolute atomic E-state index is 0.0685. The van der Waals surface area contributed by atoms with Crippen molar-refractivity contribution in [2.75, 3.05) is 19.6 Å². The molecule has 0 radical (unpaired) electrons. The van der Waals surface area contributed by atoms with E-state index in [0.717, 1.165) is 23.0 Å². The number of rotatable bonds is 5. The van der Waals surface area contributed by atoms with E-state index in [-0.39, 0.29) is 18.4 Å². The molecule has 0 saturated carbocycles. The molecule has 1 aliphatic heterocycles. The van der Waals surface area contributed by atoms with Crippen molar-refractivity contribution in [2.24, 2.45) is 5.92 Å². The second-order valence-electron chi connectivity index (χ2n) is 5.32. The third-order valence-corrected chi connectivity index (χ3v) is 4.09. The summed E-state index contributed by atoms with van der Waals surface area (Å²) in [6.45, 7) is 1.99. The van der Waals surface area contributed by atoms with Gasteiger partial charge in [0.15, 0.2) is 0 Å². The highest BCUT2D eigenvalue weighted by molar-refractivity contribution is 9.10. The number of amides is 1. The molecule has 2 N–H and O–H groups in total. The van der Waals surface area contributed by atoms with E-state index >= 15 is 0 Å². The number of nitrogens with zero attached hydrogens (tertiary/aromatic N) is 1. The highest BCUT2D eigenvalue weighted by Crippen LogP contribution is 2.16. The maximum atomic E-state index is 11.9. The van der Waals surface area contributed by atoms with E-state index in [1.54, 1.807) is 0 Å². The van der Waals surface area contributed by atoms with Crippen LogP contribution in [0.15, 0.2) is 28.7 Å². The van der Waals surface area contributed by atoms with Crippen molar-refractivity contribution in [3.8, 4) is 0 Å². The molecule has 2 rings (SSSR count). The average molecular weight is 355 g/mol. The molecule has 1 unspecified atom stereocenters. The number of carboxylic acids is 1. The summed E-state index contributed by atoms with van der Waals surface area (Å²) in [6, 6.07) is 7.77. The van der Waals surface area contributed by atoms with E-state index in [4.69, 9.17) is 5.11 Å². The molecule has 114 valence electrons. The molecule has 1 amide bonds. The Morgan fingerprint density at radius 1 is 1.43 bits per heavy atom. The highest BCUT2D eigenvalue weighted by atomic mass is 79.9. The lowest BCUT2D eigenvalue weighted by molar-refractivity contribution is -0.144. The van der Waals surface area contributed by atoms with E-state index in [1.807, 2.05) is 29.2 Å². The summed E-state index contributed by atoms with van der Waals surface area (Å²) in [5, 5.41) is 11.9. The summed E-state index contributed by atoms with van der Waals surface area (Å²) in [5.74, 6) is -1.19. The highest BCUT2D eigenvalue weighted by Gasteiger charge is 2.26. The van der Waals surface area contributed by atoms with Crippen molar-refractivity contribution in [3.05, 3.63) is 34.3 Å². The topological polar surface area (TPSA) is 69.6 Å². The first-order valence-corrected chi connectivity index (χ1v) is 7.80. The molecule has 0 aliphatic carbocycles. The van der Waals surface area contributed by atoms with Crippen LogP contribution in [0.25, 0.3) is 0 Å². The minimum atomic E-state index is -0.769. The molecule has 0 spiro atoms. The second kappa shape index (κ2) is 7.56. The first kappa shape index (κ1) is 16.0. The fourth-order valence-corrected chi connectivity index (χ4v) is 2.95. The Labute approximate surface area is 132 Å². The molecule has 6 heteroatoms. The molecule has 1 heterocycles. The number of carbonyl (C=O) groups is 2. The largest absolute Gasteiger partial charge is 0.481 e. The molecule has 1 atom stereocenters. The molecule has 21 heavy (non-hydrogen) atoms. The summed E-state index contributed by atoms with van der Waals surface area (Å²) in [7, 11) is 0. The van der Waals surface area contributed by atoms with Gasteiger partial charge in [0.2, 0.25) is 5.91 Å². The predicted molar refractivity (Wildman–Crippen MR) is 82.8 cm³/mol. The van der Waals surface area contributed by atoms with Gasteiger partial charge < -0.3 is 10.4 Å². The number of hydrogen-bond acceptors (Lipinski definition) is 3. The third-order valence-electron chi connectivity index (χ3n) is 3.60. The van der Waals surface area contributed by atoms with Gasteiger partial charge in [-0.3, -0.25) is 14.5 Å². The zero-order valence-corrected chi connectivity index (χ0v) is 13.3. The van der Waals surface area contributed by atoms with Crippen LogP contribution in [0.2, 0.25) is 0 Å². The fourth-order valence-electron chi connectivity index (χ4n) is 2.51. The van der Waals surface area contributed by atoms with Crippen molar-refractivity contribution in [1.29, 1.82) is 0 Å². The van der Waals surface area contributed by atoms with Crippen LogP contribution >= 0.6 is 15.9 Å². The van der Waals surface area contributed by atoms with Gasteiger partial charge in [0.25, 0.3) is 0 Å². The van der Waals surface area contributed by atoms with Crippen LogP contribution in [-0.4, -0.2) is 41.5 Å². The van der Waals surface area contributed by atoms with Gasteiger partial charge >= 0.3 is 5.97 Å². The van der Waals surface area contributed by atoms with Crippen molar-refractivity contribution < 1.29 is 14.7 Å². The number of hydrogen-bond donors (Lipinski definition) is 2. The number of halogens is 1. The lowest BCUT2D eigenvalue weighted by Crippen LogP contribution is -2.44. The molecule has 0 bridgehead atoms. The molecule has 5 nitrogen and oxygen atoms in total. The zero-order chi connectivity index (χ0) is 15.2. The summed E-state index contributed by atoms with van der Waals surface area (Å²) >= 11 is 3.39. The quantitative estimate of drug-likeness (QED) is 0.846. The SMILES string of the molecule is O=C(CN1CCCC(C(=O)O)C1)NCc1cccc(Br)c1. The first-order valence-electron chi connectivity index (χ1n) is 7.01. The van der Waals surface area contributed by atoms with Crippen molar-refractivity contribution in [2.45, 2.75) is 19.4 Å². The number of benzene rings is 1. The second-order valence-corrected chi connectivity index (χ2v) is 6.23. The van der Waals surface area contributed by atoms with Gasteiger partial charge in [0.1, 0.15) is 0 Å². The molecular formula is C15H19BrN2O3. The van der Waals surface area contributed by atoms with E-state index < -0.39 is 5.97 Å². The first-order chi connectivity index (χ1) is 10.0. The van der Waals surface area contributed by atoms with Crippen LogP contribution in [0.3, 0.4) is 0 Å². The lowest BCUT2D eigenvalue weighted by Gasteiger charge is -2.29. The third kappa shape index (κ3) is 5.13. The smallest absolute Gasteiger partial charge is 0.307 e. The number of likely N-dealkylation sites (tertiary alicyclic amines) is 1. The van der Waals surface area contributed by atoms with Crippen LogP contribution in [0, 0.1) is 5.92 Å². The van der Waals surface area contributed by atoms with Crippen LogP contribution in [-0.2, 0) is 16.1 Å².